The maximum Gasteiger partial charge on any atom is 0.118 e. The second-order valence-electron chi connectivity index (χ2n) is 7.22. The van der Waals surface area contributed by atoms with Crippen molar-refractivity contribution in [2.45, 2.75) is 58.4 Å². The molecule has 3 heterocycles. The van der Waals surface area contributed by atoms with E-state index in [0.717, 1.165) is 36.8 Å². The van der Waals surface area contributed by atoms with Crippen molar-refractivity contribution in [2.24, 2.45) is 5.92 Å². The lowest BCUT2D eigenvalue weighted by atomic mass is 9.96. The van der Waals surface area contributed by atoms with E-state index in [1.807, 2.05) is 0 Å². The summed E-state index contributed by atoms with van der Waals surface area (Å²) >= 11 is 0. The Kier molecular flexibility index (Phi) is 5.96. The number of furan rings is 1. The van der Waals surface area contributed by atoms with E-state index in [0.29, 0.717) is 0 Å². The highest BCUT2D eigenvalue weighted by atomic mass is 16.3. The van der Waals surface area contributed by atoms with Gasteiger partial charge in [0, 0.05) is 19.5 Å². The van der Waals surface area contributed by atoms with E-state index < -0.39 is 0 Å². The molecule has 0 amide bonds. The molecule has 2 saturated heterocycles. The summed E-state index contributed by atoms with van der Waals surface area (Å²) in [5.41, 5.74) is 0. The zero-order valence-electron chi connectivity index (χ0n) is 14.2. The van der Waals surface area contributed by atoms with Crippen molar-refractivity contribution in [3.05, 3.63) is 23.7 Å². The maximum absolute atomic E-state index is 5.96. The Labute approximate surface area is 135 Å². The minimum Gasteiger partial charge on any atom is -0.465 e. The predicted octanol–water partition coefficient (Wildman–Crippen LogP) is 3.93. The number of hydrogen-bond donors (Lipinski definition) is 0. The van der Waals surface area contributed by atoms with Gasteiger partial charge in [0.05, 0.1) is 6.54 Å². The van der Waals surface area contributed by atoms with Crippen molar-refractivity contribution in [2.75, 3.05) is 32.7 Å². The third-order valence-corrected chi connectivity index (χ3v) is 5.16. The molecule has 1 unspecified atom stereocenters. The van der Waals surface area contributed by atoms with E-state index in [1.165, 1.54) is 64.8 Å². The van der Waals surface area contributed by atoms with Gasteiger partial charge in [-0.3, -0.25) is 4.90 Å². The lowest BCUT2D eigenvalue weighted by molar-refractivity contribution is 0.113. The first-order valence-corrected chi connectivity index (χ1v) is 9.36. The molecule has 0 aromatic carbocycles. The van der Waals surface area contributed by atoms with E-state index >= 15 is 0 Å². The molecular formula is C19H32N2O. The number of piperidine rings is 2. The Hall–Kier alpha value is -0.800. The smallest absolute Gasteiger partial charge is 0.118 e. The molecule has 1 aromatic rings. The minimum atomic E-state index is 0.858. The predicted molar refractivity (Wildman–Crippen MR) is 91.0 cm³/mol. The van der Waals surface area contributed by atoms with Gasteiger partial charge in [0.15, 0.2) is 0 Å². The Bertz CT molecular complexity index is 436. The van der Waals surface area contributed by atoms with Crippen molar-refractivity contribution in [1.29, 1.82) is 0 Å². The fourth-order valence-electron chi connectivity index (χ4n) is 4.06. The summed E-state index contributed by atoms with van der Waals surface area (Å²) in [6.07, 6.45) is 9.23. The molecule has 2 aliphatic heterocycles. The molecule has 0 N–H and O–H groups in total. The Morgan fingerprint density at radius 2 is 1.77 bits per heavy atom. The molecule has 0 spiro atoms. The van der Waals surface area contributed by atoms with Gasteiger partial charge in [-0.25, -0.2) is 0 Å². The summed E-state index contributed by atoms with van der Waals surface area (Å²) in [6, 6.07) is 4.34. The first-order valence-electron chi connectivity index (χ1n) is 9.36. The molecule has 2 fully saturated rings. The van der Waals surface area contributed by atoms with Gasteiger partial charge >= 0.3 is 0 Å². The molecule has 0 saturated carbocycles. The highest BCUT2D eigenvalue weighted by molar-refractivity contribution is 5.07. The number of rotatable bonds is 6. The van der Waals surface area contributed by atoms with Gasteiger partial charge in [-0.1, -0.05) is 13.3 Å². The van der Waals surface area contributed by atoms with Crippen LogP contribution < -0.4 is 0 Å². The molecule has 124 valence electrons. The average molecular weight is 304 g/mol. The quantitative estimate of drug-likeness (QED) is 0.794. The van der Waals surface area contributed by atoms with Crippen molar-refractivity contribution in [1.82, 2.24) is 9.80 Å². The van der Waals surface area contributed by atoms with Crippen LogP contribution in [0.4, 0.5) is 0 Å². The van der Waals surface area contributed by atoms with E-state index in [-0.39, 0.29) is 0 Å². The first-order chi connectivity index (χ1) is 10.8. The van der Waals surface area contributed by atoms with Gasteiger partial charge < -0.3 is 9.32 Å². The van der Waals surface area contributed by atoms with Crippen molar-refractivity contribution < 1.29 is 4.42 Å². The van der Waals surface area contributed by atoms with Gasteiger partial charge in [0.1, 0.15) is 11.5 Å². The molecule has 1 atom stereocenters. The third kappa shape index (κ3) is 4.60. The molecule has 3 heteroatoms. The van der Waals surface area contributed by atoms with Crippen molar-refractivity contribution in [3.8, 4) is 0 Å². The molecular weight excluding hydrogens is 272 g/mol. The topological polar surface area (TPSA) is 19.6 Å². The summed E-state index contributed by atoms with van der Waals surface area (Å²) < 4.78 is 5.96. The van der Waals surface area contributed by atoms with E-state index in [9.17, 15) is 0 Å². The summed E-state index contributed by atoms with van der Waals surface area (Å²) in [6.45, 7) is 9.67. The molecule has 22 heavy (non-hydrogen) atoms. The second-order valence-corrected chi connectivity index (χ2v) is 7.22. The van der Waals surface area contributed by atoms with E-state index in [4.69, 9.17) is 4.42 Å². The van der Waals surface area contributed by atoms with Crippen LogP contribution >= 0.6 is 0 Å². The molecule has 2 aliphatic rings. The van der Waals surface area contributed by atoms with Gasteiger partial charge in [-0.2, -0.15) is 0 Å². The van der Waals surface area contributed by atoms with Gasteiger partial charge in [0.2, 0.25) is 0 Å². The summed E-state index contributed by atoms with van der Waals surface area (Å²) in [4.78, 5) is 5.30. The van der Waals surface area contributed by atoms with Crippen molar-refractivity contribution >= 4 is 0 Å². The Balaban J connectivity index is 1.47. The highest BCUT2D eigenvalue weighted by Crippen LogP contribution is 2.22. The molecule has 0 bridgehead atoms. The summed E-state index contributed by atoms with van der Waals surface area (Å²) in [5, 5.41) is 0. The number of hydrogen-bond acceptors (Lipinski definition) is 3. The molecule has 0 radical (unpaired) electrons. The van der Waals surface area contributed by atoms with Crippen LogP contribution in [0, 0.1) is 5.92 Å². The van der Waals surface area contributed by atoms with Crippen LogP contribution in [0.25, 0.3) is 0 Å². The summed E-state index contributed by atoms with van der Waals surface area (Å²) in [7, 11) is 0. The van der Waals surface area contributed by atoms with Crippen molar-refractivity contribution in [3.63, 3.8) is 0 Å². The fraction of sp³-hybridized carbons (Fsp3) is 0.789. The van der Waals surface area contributed by atoms with Crippen LogP contribution in [0.5, 0.6) is 0 Å². The third-order valence-electron chi connectivity index (χ3n) is 5.16. The van der Waals surface area contributed by atoms with Crippen LogP contribution in [0.2, 0.25) is 0 Å². The SMILES string of the molecule is CCCc1ccc(CN2CCCC(CN3CCCCC3)C2)o1. The van der Waals surface area contributed by atoms with Gasteiger partial charge in [0.25, 0.3) is 0 Å². The van der Waals surface area contributed by atoms with E-state index in [2.05, 4.69) is 28.9 Å². The highest BCUT2D eigenvalue weighted by Gasteiger charge is 2.23. The molecule has 1 aromatic heterocycles. The Morgan fingerprint density at radius 3 is 2.59 bits per heavy atom. The largest absolute Gasteiger partial charge is 0.465 e. The van der Waals surface area contributed by atoms with Crippen LogP contribution in [0.15, 0.2) is 16.5 Å². The summed E-state index contributed by atoms with van der Waals surface area (Å²) in [5.74, 6) is 3.17. The van der Waals surface area contributed by atoms with Crippen LogP contribution in [0.1, 0.15) is 57.0 Å². The zero-order chi connectivity index (χ0) is 15.2. The minimum absolute atomic E-state index is 0.858. The molecule has 3 nitrogen and oxygen atoms in total. The average Bonchev–Trinajstić information content (AvgIpc) is 2.96. The maximum atomic E-state index is 5.96. The molecule has 3 rings (SSSR count). The monoisotopic (exact) mass is 304 g/mol. The standard InChI is InChI=1S/C19H32N2O/c1-2-7-18-9-10-19(22-18)16-21-13-6-8-17(15-21)14-20-11-4-3-5-12-20/h9-10,17H,2-8,11-16H2,1H3. The number of aryl methyl sites for hydroxylation is 1. The van der Waals surface area contributed by atoms with Crippen LogP contribution in [0.3, 0.4) is 0 Å². The zero-order valence-corrected chi connectivity index (χ0v) is 14.2. The number of likely N-dealkylation sites (tertiary alicyclic amines) is 2. The van der Waals surface area contributed by atoms with Gasteiger partial charge in [-0.15, -0.1) is 0 Å². The molecule has 0 aliphatic carbocycles. The first kappa shape index (κ1) is 16.1. The van der Waals surface area contributed by atoms with Crippen LogP contribution in [-0.2, 0) is 13.0 Å². The lowest BCUT2D eigenvalue weighted by Gasteiger charge is -2.36. The second kappa shape index (κ2) is 8.16. The van der Waals surface area contributed by atoms with Gasteiger partial charge in [-0.05, 0) is 69.8 Å². The van der Waals surface area contributed by atoms with Crippen LogP contribution in [-0.4, -0.2) is 42.5 Å². The normalized spacial score (nSPS) is 24.7. The van der Waals surface area contributed by atoms with E-state index in [1.54, 1.807) is 0 Å². The lowest BCUT2D eigenvalue weighted by Crippen LogP contribution is -2.42. The number of nitrogens with zero attached hydrogens (tertiary/aromatic N) is 2. The fourth-order valence-corrected chi connectivity index (χ4v) is 4.06. The Morgan fingerprint density at radius 1 is 1.00 bits per heavy atom.